The molecule has 0 aromatic heterocycles. The van der Waals surface area contributed by atoms with Gasteiger partial charge in [-0.2, -0.15) is 0 Å². The highest BCUT2D eigenvalue weighted by Crippen LogP contribution is 2.51. The van der Waals surface area contributed by atoms with Gasteiger partial charge in [0, 0.05) is 27.2 Å². The van der Waals surface area contributed by atoms with Crippen LogP contribution < -0.4 is 4.90 Å². The summed E-state index contributed by atoms with van der Waals surface area (Å²) in [5.74, 6) is 0.328. The molecule has 0 N–H and O–H groups in total. The molecule has 3 aliphatic rings. The highest BCUT2D eigenvalue weighted by Gasteiger charge is 2.37. The number of halogens is 1. The first-order chi connectivity index (χ1) is 16.0. The zero-order valence-corrected chi connectivity index (χ0v) is 20.5. The van der Waals surface area contributed by atoms with E-state index < -0.39 is 0 Å². The van der Waals surface area contributed by atoms with E-state index in [1.807, 2.05) is 0 Å². The van der Waals surface area contributed by atoms with E-state index in [-0.39, 0.29) is 11.5 Å². The molecule has 0 fully saturated rings. The molecule has 0 heterocycles. The van der Waals surface area contributed by atoms with Crippen LogP contribution in [0.5, 0.6) is 0 Å². The minimum Gasteiger partial charge on any atom is -0.334 e. The number of benzene rings is 3. The highest BCUT2D eigenvalue weighted by atomic mass is 79.9. The van der Waals surface area contributed by atoms with Crippen molar-refractivity contribution in [3.8, 4) is 11.1 Å². The third-order valence-electron chi connectivity index (χ3n) is 7.30. The Morgan fingerprint density at radius 2 is 1.52 bits per heavy atom. The lowest BCUT2D eigenvalue weighted by Crippen LogP contribution is -2.37. The fourth-order valence-corrected chi connectivity index (χ4v) is 5.99. The first kappa shape index (κ1) is 20.5. The van der Waals surface area contributed by atoms with Gasteiger partial charge in [0.05, 0.1) is 6.04 Å². The van der Waals surface area contributed by atoms with Gasteiger partial charge in [0.1, 0.15) is 0 Å². The summed E-state index contributed by atoms with van der Waals surface area (Å²) in [6.45, 7) is 4.69. The first-order valence-electron chi connectivity index (χ1n) is 11.6. The van der Waals surface area contributed by atoms with Crippen molar-refractivity contribution in [3.63, 3.8) is 0 Å². The Bertz CT molecular complexity index is 1360. The van der Waals surface area contributed by atoms with Crippen molar-refractivity contribution >= 4 is 27.3 Å². The number of anilines is 2. The number of allylic oxidation sites excluding steroid dienone is 5. The molecule has 6 rings (SSSR count). The van der Waals surface area contributed by atoms with Crippen LogP contribution in [0.25, 0.3) is 11.1 Å². The van der Waals surface area contributed by atoms with Crippen molar-refractivity contribution in [1.82, 2.24) is 0 Å². The van der Waals surface area contributed by atoms with Crippen LogP contribution in [0.2, 0.25) is 0 Å². The maximum absolute atomic E-state index is 3.68. The molecule has 1 nitrogen and oxygen atoms in total. The maximum atomic E-state index is 3.68. The van der Waals surface area contributed by atoms with Crippen molar-refractivity contribution < 1.29 is 0 Å². The molecule has 3 aromatic carbocycles. The third-order valence-corrected chi connectivity index (χ3v) is 7.79. The van der Waals surface area contributed by atoms with Gasteiger partial charge in [0.15, 0.2) is 0 Å². The van der Waals surface area contributed by atoms with E-state index in [2.05, 4.69) is 144 Å². The highest BCUT2D eigenvalue weighted by molar-refractivity contribution is 9.10. The summed E-state index contributed by atoms with van der Waals surface area (Å²) >= 11 is 3.68. The van der Waals surface area contributed by atoms with E-state index in [0.717, 1.165) is 4.47 Å². The Kier molecular flexibility index (Phi) is 4.81. The molecule has 3 aliphatic carbocycles. The summed E-state index contributed by atoms with van der Waals surface area (Å²) in [7, 11) is 0. The van der Waals surface area contributed by atoms with Gasteiger partial charge in [-0.1, -0.05) is 103 Å². The topological polar surface area (TPSA) is 3.24 Å². The number of fused-ring (bicyclic) bond motifs is 4. The average molecular weight is 492 g/mol. The van der Waals surface area contributed by atoms with E-state index in [1.165, 1.54) is 39.2 Å². The zero-order chi connectivity index (χ0) is 22.6. The Hall–Kier alpha value is -3.10. The smallest absolute Gasteiger partial charge is 0.0628 e. The molecule has 3 aromatic rings. The largest absolute Gasteiger partial charge is 0.334 e. The summed E-state index contributed by atoms with van der Waals surface area (Å²) in [5.41, 5.74) is 9.24. The molecule has 0 radical (unpaired) electrons. The molecule has 2 unspecified atom stereocenters. The predicted octanol–water partition coefficient (Wildman–Crippen LogP) is 8.50. The Morgan fingerprint density at radius 1 is 0.758 bits per heavy atom. The van der Waals surface area contributed by atoms with Crippen LogP contribution in [0.4, 0.5) is 11.4 Å². The zero-order valence-electron chi connectivity index (χ0n) is 18.9. The summed E-state index contributed by atoms with van der Waals surface area (Å²) < 4.78 is 1.14. The normalized spacial score (nSPS) is 21.2. The van der Waals surface area contributed by atoms with Crippen molar-refractivity contribution in [3.05, 3.63) is 130 Å². The second kappa shape index (κ2) is 7.74. The van der Waals surface area contributed by atoms with Crippen molar-refractivity contribution in [2.75, 3.05) is 4.90 Å². The predicted molar refractivity (Wildman–Crippen MR) is 143 cm³/mol. The minimum absolute atomic E-state index is 0.0479. The molecule has 0 saturated carbocycles. The third kappa shape index (κ3) is 3.28. The molecule has 33 heavy (non-hydrogen) atoms. The van der Waals surface area contributed by atoms with Crippen LogP contribution in [0.3, 0.4) is 0 Å². The SMILES string of the molecule is CC1(C)c2cc(Br)ccc2-c2ccc(N(c3ccccc3)C3C=CC=C4C=CC=CC43)cc21. The van der Waals surface area contributed by atoms with Crippen molar-refractivity contribution in [2.45, 2.75) is 25.3 Å². The van der Waals surface area contributed by atoms with Crippen LogP contribution in [-0.2, 0) is 5.41 Å². The van der Waals surface area contributed by atoms with E-state index in [0.29, 0.717) is 5.92 Å². The van der Waals surface area contributed by atoms with Gasteiger partial charge in [-0.15, -0.1) is 0 Å². The molecule has 0 amide bonds. The lowest BCUT2D eigenvalue weighted by molar-refractivity contribution is 0.636. The van der Waals surface area contributed by atoms with E-state index in [1.54, 1.807) is 0 Å². The summed E-state index contributed by atoms with van der Waals surface area (Å²) in [6, 6.07) is 24.7. The van der Waals surface area contributed by atoms with E-state index in [4.69, 9.17) is 0 Å². The molecule has 0 saturated heterocycles. The Balaban J connectivity index is 1.50. The lowest BCUT2D eigenvalue weighted by atomic mass is 9.81. The van der Waals surface area contributed by atoms with Crippen LogP contribution in [0.1, 0.15) is 25.0 Å². The molecular weight excluding hydrogens is 466 g/mol. The van der Waals surface area contributed by atoms with E-state index in [9.17, 15) is 0 Å². The first-order valence-corrected chi connectivity index (χ1v) is 12.4. The summed E-state index contributed by atoms with van der Waals surface area (Å²) in [6.07, 6.45) is 15.7. The van der Waals surface area contributed by atoms with Crippen molar-refractivity contribution in [2.24, 2.45) is 5.92 Å². The van der Waals surface area contributed by atoms with Crippen LogP contribution in [-0.4, -0.2) is 6.04 Å². The van der Waals surface area contributed by atoms with Crippen molar-refractivity contribution in [1.29, 1.82) is 0 Å². The van der Waals surface area contributed by atoms with E-state index >= 15 is 0 Å². The Morgan fingerprint density at radius 3 is 2.33 bits per heavy atom. The maximum Gasteiger partial charge on any atom is 0.0628 e. The second-order valence-electron chi connectivity index (χ2n) is 9.56. The Labute approximate surface area is 204 Å². The van der Waals surface area contributed by atoms with Gasteiger partial charge in [-0.3, -0.25) is 0 Å². The molecule has 2 atom stereocenters. The standard InChI is InChI=1S/C31H26BrN/c1-31(2)28-19-22(32)15-17-26(28)27-18-16-24(20-29(27)31)33(23-11-4-3-5-12-23)30-14-8-10-21-9-6-7-13-25(21)30/h3-20,25,30H,1-2H3. The number of nitrogens with zero attached hydrogens (tertiary/aromatic N) is 1. The number of rotatable bonds is 3. The molecule has 162 valence electrons. The van der Waals surface area contributed by atoms with Gasteiger partial charge < -0.3 is 4.90 Å². The minimum atomic E-state index is -0.0479. The fraction of sp³-hybridized carbons (Fsp3) is 0.161. The molecule has 0 spiro atoms. The van der Waals surface area contributed by atoms with Gasteiger partial charge in [0.2, 0.25) is 0 Å². The van der Waals surface area contributed by atoms with Gasteiger partial charge in [0.25, 0.3) is 0 Å². The van der Waals surface area contributed by atoms with Gasteiger partial charge in [-0.25, -0.2) is 0 Å². The molecule has 0 aliphatic heterocycles. The molecule has 2 heteroatoms. The fourth-order valence-electron chi connectivity index (χ4n) is 5.63. The number of hydrogen-bond acceptors (Lipinski definition) is 1. The van der Waals surface area contributed by atoms with Crippen LogP contribution in [0, 0.1) is 5.92 Å². The monoisotopic (exact) mass is 491 g/mol. The van der Waals surface area contributed by atoms with Crippen LogP contribution in [0.15, 0.2) is 119 Å². The summed E-state index contributed by atoms with van der Waals surface area (Å²) in [5, 5.41) is 0. The molecule has 0 bridgehead atoms. The summed E-state index contributed by atoms with van der Waals surface area (Å²) in [4.78, 5) is 2.51. The molecular formula is C31H26BrN. The lowest BCUT2D eigenvalue weighted by Gasteiger charge is -2.39. The van der Waals surface area contributed by atoms with Gasteiger partial charge >= 0.3 is 0 Å². The second-order valence-corrected chi connectivity index (χ2v) is 10.5. The average Bonchev–Trinajstić information content (AvgIpc) is 3.06. The van der Waals surface area contributed by atoms with Crippen LogP contribution >= 0.6 is 15.9 Å². The number of hydrogen-bond donors (Lipinski definition) is 0. The van der Waals surface area contributed by atoms with Gasteiger partial charge in [-0.05, 0) is 64.2 Å². The quantitative estimate of drug-likeness (QED) is 0.354. The number of para-hydroxylation sites is 1.